The van der Waals surface area contributed by atoms with E-state index < -0.39 is 0 Å². The number of urea groups is 1. The Labute approximate surface area is 176 Å². The first-order chi connectivity index (χ1) is 13.7. The van der Waals surface area contributed by atoms with Crippen molar-refractivity contribution < 1.29 is 4.79 Å². The van der Waals surface area contributed by atoms with Crippen LogP contribution in [-0.2, 0) is 5.54 Å². The molecule has 0 aromatic heterocycles. The lowest BCUT2D eigenvalue weighted by Gasteiger charge is -2.51. The summed E-state index contributed by atoms with van der Waals surface area (Å²) in [4.78, 5) is 23.9. The molecule has 0 unspecified atom stereocenters. The summed E-state index contributed by atoms with van der Waals surface area (Å²) in [6, 6.07) is 11.1. The van der Waals surface area contributed by atoms with E-state index in [9.17, 15) is 4.79 Å². The maximum Gasteiger partial charge on any atom is 0.320 e. The molecule has 1 aromatic carbocycles. The highest BCUT2D eigenvalue weighted by molar-refractivity contribution is 5.79. The molecule has 0 N–H and O–H groups in total. The maximum atomic E-state index is 13.1. The number of carbonyl (C=O) groups is 1. The largest absolute Gasteiger partial charge is 0.321 e. The van der Waals surface area contributed by atoms with E-state index in [-0.39, 0.29) is 22.5 Å². The van der Waals surface area contributed by atoms with Crippen LogP contribution in [0, 0.1) is 5.41 Å². The monoisotopic (exact) mass is 398 g/mol. The molecule has 0 radical (unpaired) electrons. The third kappa shape index (κ3) is 3.94. The first kappa shape index (κ1) is 21.8. The minimum absolute atomic E-state index is 0.0522. The van der Waals surface area contributed by atoms with Gasteiger partial charge in [0.05, 0.1) is 5.54 Å². The van der Waals surface area contributed by atoms with Gasteiger partial charge in [-0.1, -0.05) is 51.1 Å². The Balaban J connectivity index is 1.81. The zero-order chi connectivity index (χ0) is 21.3. The number of likely N-dealkylation sites (N-methyl/N-ethyl adjacent to an activating group) is 1. The predicted octanol–water partition coefficient (Wildman–Crippen LogP) is 4.24. The smallest absolute Gasteiger partial charge is 0.320 e. The number of amides is 2. The molecule has 1 spiro atoms. The van der Waals surface area contributed by atoms with Crippen LogP contribution >= 0.6 is 0 Å². The van der Waals surface area contributed by atoms with Gasteiger partial charge in [-0.2, -0.15) is 0 Å². The molecule has 2 fully saturated rings. The molecule has 1 saturated carbocycles. The van der Waals surface area contributed by atoms with Crippen LogP contribution in [0.3, 0.4) is 0 Å². The van der Waals surface area contributed by atoms with Crippen molar-refractivity contribution in [3.8, 4) is 0 Å². The molecular weight excluding hydrogens is 360 g/mol. The van der Waals surface area contributed by atoms with Gasteiger partial charge in [0.15, 0.2) is 0 Å². The normalized spacial score (nSPS) is 28.3. The molecule has 160 valence electrons. The minimum Gasteiger partial charge on any atom is -0.321 e. The fourth-order valence-electron chi connectivity index (χ4n) is 5.51. The minimum atomic E-state index is -0.109. The van der Waals surface area contributed by atoms with Crippen molar-refractivity contribution >= 4 is 12.2 Å². The first-order valence-corrected chi connectivity index (χ1v) is 10.9. The standard InChI is InChI=1S/C24H38N4O/c1-7-26(5)24(20-11-9-8-10-12-20)15-13-23(14-16-24)19-28(21(29)27(23)6)18-22(2,3)17-25-4/h8-12,17H,7,13-16,18-19H2,1-6H3/b25-17-/t23-,24+. The van der Waals surface area contributed by atoms with Crippen LogP contribution in [0.15, 0.2) is 35.3 Å². The predicted molar refractivity (Wildman–Crippen MR) is 121 cm³/mol. The molecule has 29 heavy (non-hydrogen) atoms. The lowest BCUT2D eigenvalue weighted by Crippen LogP contribution is -2.55. The van der Waals surface area contributed by atoms with E-state index in [1.807, 2.05) is 23.1 Å². The lowest BCUT2D eigenvalue weighted by atomic mass is 9.68. The SMILES string of the molecule is CCN(C)[C@]1(c2ccccc2)CC[C@]2(CC1)CN(CC(C)(C)/C=N\C)C(=O)N2C. The molecule has 1 aliphatic carbocycles. The number of carbonyl (C=O) groups excluding carboxylic acids is 1. The van der Waals surface area contributed by atoms with Gasteiger partial charge < -0.3 is 14.8 Å². The summed E-state index contributed by atoms with van der Waals surface area (Å²) in [6.45, 7) is 9.09. The Hall–Kier alpha value is -1.88. The van der Waals surface area contributed by atoms with Crippen LogP contribution in [0.25, 0.3) is 0 Å². The average molecular weight is 399 g/mol. The van der Waals surface area contributed by atoms with Gasteiger partial charge in [0.1, 0.15) is 0 Å². The summed E-state index contributed by atoms with van der Waals surface area (Å²) in [6.07, 6.45) is 6.18. The number of rotatable bonds is 6. The van der Waals surface area contributed by atoms with Crippen molar-refractivity contribution in [3.63, 3.8) is 0 Å². The third-order valence-electron chi connectivity index (χ3n) is 7.36. The molecule has 5 heteroatoms. The summed E-state index contributed by atoms with van der Waals surface area (Å²) in [7, 11) is 6.05. The average Bonchev–Trinajstić information content (AvgIpc) is 2.93. The first-order valence-electron chi connectivity index (χ1n) is 10.9. The van der Waals surface area contributed by atoms with Crippen molar-refractivity contribution in [2.24, 2.45) is 10.4 Å². The molecule has 1 heterocycles. The summed E-state index contributed by atoms with van der Waals surface area (Å²) < 4.78 is 0. The van der Waals surface area contributed by atoms with Crippen LogP contribution in [0.2, 0.25) is 0 Å². The Kier molecular flexibility index (Phi) is 6.09. The van der Waals surface area contributed by atoms with Gasteiger partial charge in [0.2, 0.25) is 0 Å². The quantitative estimate of drug-likeness (QED) is 0.672. The number of aliphatic imine (C=N–C) groups is 1. The molecule has 0 atom stereocenters. The summed E-state index contributed by atoms with van der Waals surface area (Å²) in [5, 5.41) is 0. The van der Waals surface area contributed by atoms with Gasteiger partial charge in [0.25, 0.3) is 0 Å². The Morgan fingerprint density at radius 3 is 2.34 bits per heavy atom. The Bertz CT molecular complexity index is 735. The molecule has 5 nitrogen and oxygen atoms in total. The molecular formula is C24H38N4O. The van der Waals surface area contributed by atoms with E-state index in [4.69, 9.17) is 0 Å². The highest BCUT2D eigenvalue weighted by Gasteiger charge is 2.53. The zero-order valence-corrected chi connectivity index (χ0v) is 19.1. The molecule has 0 bridgehead atoms. The number of hydrogen-bond donors (Lipinski definition) is 0. The van der Waals surface area contributed by atoms with Gasteiger partial charge in [-0.3, -0.25) is 4.90 Å². The fraction of sp³-hybridized carbons (Fsp3) is 0.667. The second-order valence-electron chi connectivity index (χ2n) is 9.71. The topological polar surface area (TPSA) is 39.1 Å². The van der Waals surface area contributed by atoms with Crippen molar-refractivity contribution in [2.45, 2.75) is 57.5 Å². The van der Waals surface area contributed by atoms with Crippen LogP contribution < -0.4 is 0 Å². The molecule has 1 aliphatic heterocycles. The zero-order valence-electron chi connectivity index (χ0n) is 19.1. The summed E-state index contributed by atoms with van der Waals surface area (Å²) in [5.74, 6) is 0. The maximum absolute atomic E-state index is 13.1. The Morgan fingerprint density at radius 2 is 1.79 bits per heavy atom. The van der Waals surface area contributed by atoms with E-state index in [2.05, 4.69) is 68.0 Å². The number of hydrogen-bond acceptors (Lipinski definition) is 3. The highest BCUT2D eigenvalue weighted by Crippen LogP contribution is 2.48. The Morgan fingerprint density at radius 1 is 1.17 bits per heavy atom. The summed E-state index contributed by atoms with van der Waals surface area (Å²) >= 11 is 0. The van der Waals surface area contributed by atoms with Gasteiger partial charge in [-0.05, 0) is 44.8 Å². The molecule has 3 rings (SSSR count). The van der Waals surface area contributed by atoms with Crippen molar-refractivity contribution in [2.75, 3.05) is 40.8 Å². The van der Waals surface area contributed by atoms with Gasteiger partial charge in [0, 0.05) is 44.4 Å². The van der Waals surface area contributed by atoms with Crippen molar-refractivity contribution in [1.29, 1.82) is 0 Å². The highest BCUT2D eigenvalue weighted by atomic mass is 16.2. The number of nitrogens with zero attached hydrogens (tertiary/aromatic N) is 4. The summed E-state index contributed by atoms with van der Waals surface area (Å²) in [5.41, 5.74) is 1.31. The fourth-order valence-corrected chi connectivity index (χ4v) is 5.51. The van der Waals surface area contributed by atoms with Crippen LogP contribution in [0.5, 0.6) is 0 Å². The van der Waals surface area contributed by atoms with E-state index >= 15 is 0 Å². The van der Waals surface area contributed by atoms with Gasteiger partial charge in [-0.15, -0.1) is 0 Å². The second-order valence-corrected chi connectivity index (χ2v) is 9.71. The molecule has 1 aromatic rings. The molecule has 1 saturated heterocycles. The van der Waals surface area contributed by atoms with Crippen LogP contribution in [-0.4, -0.2) is 73.3 Å². The molecule has 2 aliphatic rings. The van der Waals surface area contributed by atoms with Crippen LogP contribution in [0.4, 0.5) is 4.79 Å². The van der Waals surface area contributed by atoms with Crippen molar-refractivity contribution in [3.05, 3.63) is 35.9 Å². The number of benzene rings is 1. The second kappa shape index (κ2) is 8.10. The molecule has 2 amide bonds. The van der Waals surface area contributed by atoms with E-state index in [1.54, 1.807) is 7.05 Å². The van der Waals surface area contributed by atoms with Gasteiger partial charge >= 0.3 is 6.03 Å². The van der Waals surface area contributed by atoms with E-state index in [0.717, 1.165) is 38.8 Å². The van der Waals surface area contributed by atoms with E-state index in [0.29, 0.717) is 6.54 Å². The van der Waals surface area contributed by atoms with E-state index in [1.165, 1.54) is 5.56 Å². The lowest BCUT2D eigenvalue weighted by molar-refractivity contribution is 0.0204. The third-order valence-corrected chi connectivity index (χ3v) is 7.36. The van der Waals surface area contributed by atoms with Gasteiger partial charge in [-0.25, -0.2) is 4.79 Å². The van der Waals surface area contributed by atoms with Crippen molar-refractivity contribution in [1.82, 2.24) is 14.7 Å². The van der Waals surface area contributed by atoms with Crippen LogP contribution in [0.1, 0.15) is 52.0 Å².